The van der Waals surface area contributed by atoms with E-state index in [9.17, 15) is 13.2 Å². The normalized spacial score (nSPS) is 11.8. The van der Waals surface area contributed by atoms with E-state index in [-0.39, 0.29) is 5.82 Å². The summed E-state index contributed by atoms with van der Waals surface area (Å²) in [6, 6.07) is 4.83. The van der Waals surface area contributed by atoms with Gasteiger partial charge in [0.05, 0.1) is 0 Å². The molecule has 0 saturated carbocycles. The first-order valence-corrected chi connectivity index (χ1v) is 4.66. The van der Waals surface area contributed by atoms with Crippen molar-refractivity contribution in [3.05, 3.63) is 29.7 Å². The zero-order chi connectivity index (χ0) is 12.6. The van der Waals surface area contributed by atoms with Gasteiger partial charge in [0.2, 0.25) is 5.82 Å². The number of nitrogen functional groups attached to an aromatic ring is 1. The maximum atomic E-state index is 12.3. The Morgan fingerprint density at radius 2 is 2.00 bits per heavy atom. The van der Waals surface area contributed by atoms with Crippen molar-refractivity contribution in [2.45, 2.75) is 13.1 Å². The van der Waals surface area contributed by atoms with Crippen LogP contribution in [0.3, 0.4) is 0 Å². The highest BCUT2D eigenvalue weighted by atomic mass is 19.4. The Balaban J connectivity index is 2.48. The first-order valence-electron chi connectivity index (χ1n) is 4.66. The van der Waals surface area contributed by atoms with Gasteiger partial charge in [0, 0.05) is 11.3 Å². The third-order valence-corrected chi connectivity index (χ3v) is 2.29. The van der Waals surface area contributed by atoms with Crippen LogP contribution in [0, 0.1) is 6.92 Å². The second-order valence-corrected chi connectivity index (χ2v) is 3.44. The molecule has 2 aromatic rings. The second-order valence-electron chi connectivity index (χ2n) is 3.44. The number of aromatic nitrogens is 2. The molecule has 0 atom stereocenters. The summed E-state index contributed by atoms with van der Waals surface area (Å²) in [6.07, 6.45) is -4.64. The van der Waals surface area contributed by atoms with Gasteiger partial charge in [0.1, 0.15) is 0 Å². The first-order chi connectivity index (χ1) is 7.89. The molecule has 0 bridgehead atoms. The lowest BCUT2D eigenvalue weighted by Gasteiger charge is -2.03. The van der Waals surface area contributed by atoms with Crippen LogP contribution in [0.1, 0.15) is 11.5 Å². The molecule has 0 fully saturated rings. The summed E-state index contributed by atoms with van der Waals surface area (Å²) in [4.78, 5) is 3.30. The summed E-state index contributed by atoms with van der Waals surface area (Å²) >= 11 is 0. The van der Waals surface area contributed by atoms with E-state index in [2.05, 4.69) is 14.7 Å². The SMILES string of the molecule is Cc1c(N)cccc1-c1noc(C(F)(F)F)n1. The Hall–Kier alpha value is -2.05. The van der Waals surface area contributed by atoms with Crippen molar-refractivity contribution in [3.8, 4) is 11.4 Å². The van der Waals surface area contributed by atoms with Crippen LogP contribution in [0.2, 0.25) is 0 Å². The fraction of sp³-hybridized carbons (Fsp3) is 0.200. The topological polar surface area (TPSA) is 64.9 Å². The lowest BCUT2D eigenvalue weighted by atomic mass is 10.1. The quantitative estimate of drug-likeness (QED) is 0.782. The Morgan fingerprint density at radius 3 is 2.59 bits per heavy atom. The molecule has 0 unspecified atom stereocenters. The number of nitrogens with two attached hydrogens (primary N) is 1. The van der Waals surface area contributed by atoms with Gasteiger partial charge >= 0.3 is 12.1 Å². The molecular weight excluding hydrogens is 235 g/mol. The van der Waals surface area contributed by atoms with Crippen molar-refractivity contribution in [3.63, 3.8) is 0 Å². The number of benzene rings is 1. The molecule has 0 aliphatic heterocycles. The smallest absolute Gasteiger partial charge is 0.398 e. The van der Waals surface area contributed by atoms with Crippen molar-refractivity contribution in [2.75, 3.05) is 5.73 Å². The number of halogens is 3. The minimum Gasteiger partial charge on any atom is -0.398 e. The van der Waals surface area contributed by atoms with Crippen LogP contribution in [0.15, 0.2) is 22.7 Å². The number of alkyl halides is 3. The average Bonchev–Trinajstić information content (AvgIpc) is 2.70. The molecule has 0 spiro atoms. The molecule has 0 aliphatic rings. The van der Waals surface area contributed by atoms with Crippen LogP contribution >= 0.6 is 0 Å². The van der Waals surface area contributed by atoms with E-state index in [1.165, 1.54) is 0 Å². The van der Waals surface area contributed by atoms with Gasteiger partial charge in [-0.2, -0.15) is 18.2 Å². The summed E-state index contributed by atoms with van der Waals surface area (Å²) in [5, 5.41) is 3.29. The second kappa shape index (κ2) is 3.76. The molecule has 0 radical (unpaired) electrons. The monoisotopic (exact) mass is 243 g/mol. The zero-order valence-corrected chi connectivity index (χ0v) is 8.75. The van der Waals surface area contributed by atoms with Crippen LogP contribution in [0.4, 0.5) is 18.9 Å². The molecule has 2 rings (SSSR count). The Labute approximate surface area is 94.2 Å². The number of hydrogen-bond acceptors (Lipinski definition) is 4. The third-order valence-electron chi connectivity index (χ3n) is 2.29. The molecule has 7 heteroatoms. The molecule has 2 N–H and O–H groups in total. The van der Waals surface area contributed by atoms with Gasteiger partial charge in [-0.3, -0.25) is 0 Å². The molecule has 0 saturated heterocycles. The van der Waals surface area contributed by atoms with Crippen LogP contribution in [-0.2, 0) is 6.18 Å². The summed E-state index contributed by atoms with van der Waals surface area (Å²) < 4.78 is 41.0. The number of anilines is 1. The first kappa shape index (κ1) is 11.4. The highest BCUT2D eigenvalue weighted by Crippen LogP contribution is 2.31. The van der Waals surface area contributed by atoms with Gasteiger partial charge in [0.15, 0.2) is 0 Å². The Kier molecular flexibility index (Phi) is 2.53. The Bertz CT molecular complexity index is 548. The molecular formula is C10H8F3N3O. The summed E-state index contributed by atoms with van der Waals surface area (Å²) in [5.41, 5.74) is 7.13. The molecule has 0 aliphatic carbocycles. The van der Waals surface area contributed by atoms with E-state index in [1.807, 2.05) is 0 Å². The average molecular weight is 243 g/mol. The molecule has 17 heavy (non-hydrogen) atoms. The minimum atomic E-state index is -4.64. The molecule has 4 nitrogen and oxygen atoms in total. The maximum Gasteiger partial charge on any atom is 0.471 e. The van der Waals surface area contributed by atoms with Crippen molar-refractivity contribution < 1.29 is 17.7 Å². The van der Waals surface area contributed by atoms with Gasteiger partial charge in [-0.05, 0) is 18.6 Å². The lowest BCUT2D eigenvalue weighted by molar-refractivity contribution is -0.159. The molecule has 1 heterocycles. The zero-order valence-electron chi connectivity index (χ0n) is 8.75. The number of rotatable bonds is 1. The van der Waals surface area contributed by atoms with Crippen LogP contribution in [0.25, 0.3) is 11.4 Å². The molecule has 1 aromatic carbocycles. The number of nitrogens with zero attached hydrogens (tertiary/aromatic N) is 2. The van der Waals surface area contributed by atoms with Crippen molar-refractivity contribution in [2.24, 2.45) is 0 Å². The van der Waals surface area contributed by atoms with Gasteiger partial charge in [0.25, 0.3) is 0 Å². The standard InChI is InChI=1S/C10H8F3N3O/c1-5-6(3-2-4-7(5)14)8-15-9(17-16-8)10(11,12)13/h2-4H,14H2,1H3. The van der Waals surface area contributed by atoms with Crippen LogP contribution < -0.4 is 5.73 Å². The maximum absolute atomic E-state index is 12.3. The lowest BCUT2D eigenvalue weighted by Crippen LogP contribution is -2.05. The highest BCUT2D eigenvalue weighted by molar-refractivity contribution is 5.67. The summed E-state index contributed by atoms with van der Waals surface area (Å²) in [6.45, 7) is 1.67. The molecule has 0 amide bonds. The highest BCUT2D eigenvalue weighted by Gasteiger charge is 2.38. The molecule has 1 aromatic heterocycles. The van der Waals surface area contributed by atoms with E-state index >= 15 is 0 Å². The van der Waals surface area contributed by atoms with E-state index < -0.39 is 12.1 Å². The minimum absolute atomic E-state index is 0.123. The van der Waals surface area contributed by atoms with Gasteiger partial charge < -0.3 is 10.3 Å². The predicted octanol–water partition coefficient (Wildman–Crippen LogP) is 2.65. The van der Waals surface area contributed by atoms with Crippen molar-refractivity contribution in [1.82, 2.24) is 10.1 Å². The van der Waals surface area contributed by atoms with E-state index in [1.54, 1.807) is 25.1 Å². The summed E-state index contributed by atoms with van der Waals surface area (Å²) in [5.74, 6) is -1.49. The van der Waals surface area contributed by atoms with Crippen molar-refractivity contribution >= 4 is 5.69 Å². The predicted molar refractivity (Wildman–Crippen MR) is 53.9 cm³/mol. The van der Waals surface area contributed by atoms with E-state index in [4.69, 9.17) is 5.73 Å². The molecule has 90 valence electrons. The summed E-state index contributed by atoms with van der Waals surface area (Å²) in [7, 11) is 0. The number of hydrogen-bond donors (Lipinski definition) is 1. The van der Waals surface area contributed by atoms with Crippen molar-refractivity contribution in [1.29, 1.82) is 0 Å². The third kappa shape index (κ3) is 2.08. The largest absolute Gasteiger partial charge is 0.471 e. The van der Waals surface area contributed by atoms with E-state index in [0.29, 0.717) is 16.8 Å². The Morgan fingerprint density at radius 1 is 1.29 bits per heavy atom. The van der Waals surface area contributed by atoms with Gasteiger partial charge in [-0.15, -0.1) is 0 Å². The van der Waals surface area contributed by atoms with Gasteiger partial charge in [-0.1, -0.05) is 17.3 Å². The van der Waals surface area contributed by atoms with Crippen LogP contribution in [-0.4, -0.2) is 10.1 Å². The fourth-order valence-electron chi connectivity index (χ4n) is 1.34. The fourth-order valence-corrected chi connectivity index (χ4v) is 1.34. The van der Waals surface area contributed by atoms with Gasteiger partial charge in [-0.25, -0.2) is 0 Å². The van der Waals surface area contributed by atoms with E-state index in [0.717, 1.165) is 0 Å². The van der Waals surface area contributed by atoms with Crippen LogP contribution in [0.5, 0.6) is 0 Å².